The van der Waals surface area contributed by atoms with E-state index in [1.807, 2.05) is 0 Å². The van der Waals surface area contributed by atoms with Crippen LogP contribution in [0.3, 0.4) is 0 Å². The van der Waals surface area contributed by atoms with Gasteiger partial charge in [-0.05, 0) is 66.8 Å². The highest BCUT2D eigenvalue weighted by atomic mass is 16.6. The Balaban J connectivity index is 1.50. The molecule has 0 bridgehead atoms. The highest BCUT2D eigenvalue weighted by molar-refractivity contribution is 5.85. The zero-order valence-corrected chi connectivity index (χ0v) is 17.9. The van der Waals surface area contributed by atoms with Gasteiger partial charge in [-0.25, -0.2) is 4.79 Å². The second kappa shape index (κ2) is 7.55. The average Bonchev–Trinajstić information content (AvgIpc) is 3.04. The molecule has 4 heteroatoms. The molecule has 6 atom stereocenters. The Morgan fingerprint density at radius 2 is 2.10 bits per heavy atom. The summed E-state index contributed by atoms with van der Waals surface area (Å²) in [5.41, 5.74) is 3.54. The maximum absolute atomic E-state index is 11.3. The number of hydrogen-bond acceptors (Lipinski definition) is 4. The van der Waals surface area contributed by atoms with Crippen molar-refractivity contribution in [3.63, 3.8) is 0 Å². The lowest BCUT2D eigenvalue weighted by molar-refractivity contribution is -0.152. The number of fused-ring (bicyclic) bond motifs is 1. The highest BCUT2D eigenvalue weighted by Crippen LogP contribution is 2.61. The van der Waals surface area contributed by atoms with Gasteiger partial charge in [0.15, 0.2) is 0 Å². The van der Waals surface area contributed by atoms with Gasteiger partial charge in [-0.15, -0.1) is 0 Å². The summed E-state index contributed by atoms with van der Waals surface area (Å²) in [6.07, 6.45) is 13.6. The van der Waals surface area contributed by atoms with Crippen molar-refractivity contribution in [2.45, 2.75) is 71.7 Å². The first-order valence-electron chi connectivity index (χ1n) is 11.0. The van der Waals surface area contributed by atoms with E-state index in [4.69, 9.17) is 9.47 Å². The smallest absolute Gasteiger partial charge is 0.333 e. The lowest BCUT2D eigenvalue weighted by atomic mass is 9.47. The molecule has 0 aromatic carbocycles. The van der Waals surface area contributed by atoms with Gasteiger partial charge in [0.05, 0.1) is 12.7 Å². The van der Waals surface area contributed by atoms with Crippen molar-refractivity contribution in [1.29, 1.82) is 0 Å². The van der Waals surface area contributed by atoms with Crippen LogP contribution in [0, 0.1) is 22.7 Å². The van der Waals surface area contributed by atoms with E-state index >= 15 is 0 Å². The van der Waals surface area contributed by atoms with Gasteiger partial charge in [-0.2, -0.15) is 0 Å². The molecule has 2 heterocycles. The van der Waals surface area contributed by atoms with Crippen molar-refractivity contribution in [3.05, 3.63) is 47.6 Å². The number of hydrogen-bond donors (Lipinski definition) is 1. The van der Waals surface area contributed by atoms with Crippen molar-refractivity contribution in [1.82, 2.24) is 0 Å². The van der Waals surface area contributed by atoms with E-state index in [-0.39, 0.29) is 16.9 Å². The number of rotatable bonds is 3. The van der Waals surface area contributed by atoms with Crippen molar-refractivity contribution in [3.8, 4) is 0 Å². The number of cyclic esters (lactones) is 1. The van der Waals surface area contributed by atoms with Crippen LogP contribution in [0.15, 0.2) is 47.6 Å². The van der Waals surface area contributed by atoms with Crippen LogP contribution in [0.4, 0.5) is 0 Å². The van der Waals surface area contributed by atoms with E-state index in [0.29, 0.717) is 30.4 Å². The van der Waals surface area contributed by atoms with E-state index in [0.717, 1.165) is 5.57 Å². The van der Waals surface area contributed by atoms with Crippen LogP contribution in [0.5, 0.6) is 0 Å². The molecule has 0 radical (unpaired) electrons. The summed E-state index contributed by atoms with van der Waals surface area (Å²) in [4.78, 5) is 11.3. The molecule has 2 aliphatic heterocycles. The Kier molecular flexibility index (Phi) is 5.37. The number of aliphatic hydroxyl groups excluding tert-OH is 1. The van der Waals surface area contributed by atoms with Crippen LogP contribution in [-0.2, 0) is 14.3 Å². The molecule has 4 rings (SSSR count). The topological polar surface area (TPSA) is 55.8 Å². The normalized spacial score (nSPS) is 43.0. The zero-order valence-electron chi connectivity index (χ0n) is 17.9. The predicted molar refractivity (Wildman–Crippen MR) is 113 cm³/mol. The molecule has 158 valence electrons. The lowest BCUT2D eigenvalue weighted by Crippen LogP contribution is -2.49. The molecular weight excluding hydrogens is 364 g/mol. The molecule has 0 aromatic heterocycles. The Morgan fingerprint density at radius 3 is 2.76 bits per heavy atom. The number of esters is 1. The summed E-state index contributed by atoms with van der Waals surface area (Å²) in [6.45, 7) is 12.2. The molecule has 0 aromatic rings. The van der Waals surface area contributed by atoms with Crippen LogP contribution < -0.4 is 0 Å². The second-order valence-electron chi connectivity index (χ2n) is 9.85. The van der Waals surface area contributed by atoms with Gasteiger partial charge in [0.25, 0.3) is 0 Å². The first-order chi connectivity index (χ1) is 13.7. The molecule has 29 heavy (non-hydrogen) atoms. The molecule has 1 N–H and O–H groups in total. The van der Waals surface area contributed by atoms with Gasteiger partial charge < -0.3 is 14.6 Å². The van der Waals surface area contributed by atoms with Crippen LogP contribution in [0.25, 0.3) is 0 Å². The molecule has 2 saturated carbocycles. The van der Waals surface area contributed by atoms with Crippen molar-refractivity contribution in [2.75, 3.05) is 6.61 Å². The van der Waals surface area contributed by atoms with Crippen LogP contribution in [0.1, 0.15) is 59.3 Å². The number of aliphatic hydroxyl groups is 1. The first kappa shape index (κ1) is 20.6. The Morgan fingerprint density at radius 1 is 1.31 bits per heavy atom. The Labute approximate surface area is 174 Å². The summed E-state index contributed by atoms with van der Waals surface area (Å²) in [5, 5.41) is 9.84. The van der Waals surface area contributed by atoms with Gasteiger partial charge in [0.2, 0.25) is 6.29 Å². The van der Waals surface area contributed by atoms with E-state index in [9.17, 15) is 9.90 Å². The number of carbonyl (C=O) groups is 1. The average molecular weight is 399 g/mol. The number of allylic oxidation sites excluding steroid dienone is 2. The Hall–Kier alpha value is -1.65. The first-order valence-corrected chi connectivity index (χ1v) is 11.0. The molecule has 2 fully saturated rings. The van der Waals surface area contributed by atoms with Gasteiger partial charge in [-0.3, -0.25) is 0 Å². The molecular formula is C25H34O4. The van der Waals surface area contributed by atoms with E-state index in [2.05, 4.69) is 45.6 Å². The fourth-order valence-corrected chi connectivity index (χ4v) is 6.06. The molecule has 2 aliphatic carbocycles. The van der Waals surface area contributed by atoms with E-state index < -0.39 is 12.3 Å². The highest BCUT2D eigenvalue weighted by Gasteiger charge is 2.52. The van der Waals surface area contributed by atoms with Crippen LogP contribution >= 0.6 is 0 Å². The SMILES string of the molecule is C=C1CCC[C@@H]2[C@@](C)(/C=C/C3=CC[C@H](C4=CC(=O)OC4O)OC3)[C@@H](C)CC[C@@]12C. The number of ether oxygens (including phenoxy) is 2. The molecule has 1 unspecified atom stereocenters. The van der Waals surface area contributed by atoms with Gasteiger partial charge in [0, 0.05) is 11.6 Å². The minimum absolute atomic E-state index is 0.151. The van der Waals surface area contributed by atoms with E-state index in [1.165, 1.54) is 43.8 Å². The molecule has 4 aliphatic rings. The quantitative estimate of drug-likeness (QED) is 0.545. The molecule has 4 nitrogen and oxygen atoms in total. The lowest BCUT2D eigenvalue weighted by Gasteiger charge is -2.57. The van der Waals surface area contributed by atoms with Crippen LogP contribution in [-0.4, -0.2) is 30.1 Å². The van der Waals surface area contributed by atoms with Gasteiger partial charge in [-0.1, -0.05) is 51.2 Å². The minimum Gasteiger partial charge on any atom is -0.429 e. The second-order valence-corrected chi connectivity index (χ2v) is 9.85. The summed E-state index contributed by atoms with van der Waals surface area (Å²) in [5.74, 6) is 0.778. The summed E-state index contributed by atoms with van der Waals surface area (Å²) >= 11 is 0. The van der Waals surface area contributed by atoms with Crippen LogP contribution in [0.2, 0.25) is 0 Å². The maximum atomic E-state index is 11.3. The monoisotopic (exact) mass is 398 g/mol. The summed E-state index contributed by atoms with van der Waals surface area (Å²) in [7, 11) is 0. The number of carbonyl (C=O) groups excluding carboxylic acids is 1. The van der Waals surface area contributed by atoms with Crippen molar-refractivity contribution >= 4 is 5.97 Å². The molecule has 0 amide bonds. The van der Waals surface area contributed by atoms with Crippen molar-refractivity contribution in [2.24, 2.45) is 22.7 Å². The maximum Gasteiger partial charge on any atom is 0.333 e. The largest absolute Gasteiger partial charge is 0.429 e. The van der Waals surface area contributed by atoms with Crippen molar-refractivity contribution < 1.29 is 19.4 Å². The van der Waals surface area contributed by atoms with E-state index in [1.54, 1.807) is 0 Å². The summed E-state index contributed by atoms with van der Waals surface area (Å²) in [6, 6.07) is 0. The summed E-state index contributed by atoms with van der Waals surface area (Å²) < 4.78 is 10.7. The predicted octanol–water partition coefficient (Wildman–Crippen LogP) is 4.86. The third-order valence-electron chi connectivity index (χ3n) is 8.33. The fraction of sp³-hybridized carbons (Fsp3) is 0.640. The zero-order chi connectivity index (χ0) is 20.8. The Bertz CT molecular complexity index is 791. The third kappa shape index (κ3) is 3.55. The fourth-order valence-electron chi connectivity index (χ4n) is 6.06. The third-order valence-corrected chi connectivity index (χ3v) is 8.33. The minimum atomic E-state index is -1.17. The van der Waals surface area contributed by atoms with Gasteiger partial charge in [0.1, 0.15) is 0 Å². The standard InChI is InChI=1S/C25H34O4/c1-16-6-5-7-21-24(16,3)12-10-17(2)25(21,4)13-11-18-8-9-20(28-15-18)19-14-22(26)29-23(19)27/h8,11,13-14,17,20-21,23,27H,1,5-7,9-10,12,15H2,2-4H3/b13-11+/t17-,20+,21-,23?,24-,25-/m0/s1. The van der Waals surface area contributed by atoms with Gasteiger partial charge >= 0.3 is 5.97 Å². The molecule has 0 spiro atoms. The molecule has 0 saturated heterocycles.